The normalized spacial score (nSPS) is 10.2. The average molecular weight is 250 g/mol. The minimum atomic E-state index is -1.37. The van der Waals surface area contributed by atoms with Gasteiger partial charge in [-0.25, -0.2) is 19.3 Å². The number of aromatic nitrogens is 3. The summed E-state index contributed by atoms with van der Waals surface area (Å²) in [5.41, 5.74) is -1.35. The van der Waals surface area contributed by atoms with E-state index in [9.17, 15) is 19.7 Å². The van der Waals surface area contributed by atoms with Crippen molar-refractivity contribution in [3.05, 3.63) is 50.7 Å². The van der Waals surface area contributed by atoms with Gasteiger partial charge in [-0.2, -0.15) is 5.10 Å². The summed E-state index contributed by atoms with van der Waals surface area (Å²) in [5, 5.41) is 25.1. The second kappa shape index (κ2) is 4.13. The van der Waals surface area contributed by atoms with Gasteiger partial charge in [-0.1, -0.05) is 0 Å². The molecule has 1 heterocycles. The molecule has 0 saturated carbocycles. The lowest BCUT2D eigenvalue weighted by atomic mass is 10.1. The van der Waals surface area contributed by atoms with E-state index in [2.05, 4.69) is 10.2 Å². The molecule has 0 bridgehead atoms. The van der Waals surface area contributed by atoms with E-state index in [0.717, 1.165) is 23.0 Å². The Labute approximate surface area is 98.5 Å². The molecule has 0 radical (unpaired) electrons. The van der Waals surface area contributed by atoms with Crippen LogP contribution in [0.3, 0.4) is 0 Å². The molecule has 1 aromatic heterocycles. The van der Waals surface area contributed by atoms with Crippen molar-refractivity contribution >= 4 is 11.7 Å². The fraction of sp³-hybridized carbons (Fsp3) is 0. The molecule has 1 aromatic carbocycles. The number of nitrogens with zero attached hydrogens (tertiary/aromatic N) is 3. The molecule has 0 atom stereocenters. The van der Waals surface area contributed by atoms with E-state index in [1.807, 2.05) is 0 Å². The van der Waals surface area contributed by atoms with Gasteiger partial charge in [-0.3, -0.25) is 10.1 Å². The first-order valence-electron chi connectivity index (χ1n) is 4.65. The van der Waals surface area contributed by atoms with Gasteiger partial charge in [0.2, 0.25) is 0 Å². The lowest BCUT2D eigenvalue weighted by Crippen LogP contribution is -2.17. The SMILES string of the molecule is O=C(O)c1cc([N+](=O)[O-])ccc1-n1cn[nH]c1=O. The van der Waals surface area contributed by atoms with Gasteiger partial charge in [0.25, 0.3) is 5.69 Å². The average Bonchev–Trinajstić information content (AvgIpc) is 2.74. The summed E-state index contributed by atoms with van der Waals surface area (Å²) >= 11 is 0. The van der Waals surface area contributed by atoms with E-state index >= 15 is 0 Å². The quantitative estimate of drug-likeness (QED) is 0.589. The summed E-state index contributed by atoms with van der Waals surface area (Å²) in [5.74, 6) is -1.37. The molecular formula is C9H6N4O5. The molecule has 18 heavy (non-hydrogen) atoms. The number of H-pyrrole nitrogens is 1. The zero-order chi connectivity index (χ0) is 13.3. The van der Waals surface area contributed by atoms with Gasteiger partial charge in [0, 0.05) is 12.1 Å². The molecule has 0 fully saturated rings. The topological polar surface area (TPSA) is 131 Å². The van der Waals surface area contributed by atoms with E-state index in [-0.39, 0.29) is 16.9 Å². The van der Waals surface area contributed by atoms with Crippen LogP contribution in [0.4, 0.5) is 5.69 Å². The van der Waals surface area contributed by atoms with Crippen molar-refractivity contribution < 1.29 is 14.8 Å². The monoisotopic (exact) mass is 250 g/mol. The van der Waals surface area contributed by atoms with Gasteiger partial charge in [-0.15, -0.1) is 0 Å². The van der Waals surface area contributed by atoms with Crippen molar-refractivity contribution in [2.24, 2.45) is 0 Å². The molecule has 0 aliphatic heterocycles. The fourth-order valence-electron chi connectivity index (χ4n) is 1.44. The van der Waals surface area contributed by atoms with Gasteiger partial charge in [0.05, 0.1) is 16.2 Å². The van der Waals surface area contributed by atoms with Crippen molar-refractivity contribution in [1.29, 1.82) is 0 Å². The van der Waals surface area contributed by atoms with E-state index < -0.39 is 16.6 Å². The van der Waals surface area contributed by atoms with Crippen molar-refractivity contribution in [3.8, 4) is 5.69 Å². The maximum Gasteiger partial charge on any atom is 0.347 e. The summed E-state index contributed by atoms with van der Waals surface area (Å²) < 4.78 is 0.952. The maximum atomic E-state index is 11.3. The maximum absolute atomic E-state index is 11.3. The molecule has 9 heteroatoms. The number of rotatable bonds is 3. The fourth-order valence-corrected chi connectivity index (χ4v) is 1.44. The molecule has 0 saturated heterocycles. The Morgan fingerprint density at radius 2 is 2.22 bits per heavy atom. The van der Waals surface area contributed by atoms with E-state index in [1.165, 1.54) is 6.07 Å². The number of carboxylic acids is 1. The van der Waals surface area contributed by atoms with E-state index in [0.29, 0.717) is 0 Å². The molecule has 9 nitrogen and oxygen atoms in total. The number of benzene rings is 1. The number of nitrogens with one attached hydrogen (secondary N) is 1. The lowest BCUT2D eigenvalue weighted by molar-refractivity contribution is -0.384. The summed E-state index contributed by atoms with van der Waals surface area (Å²) in [6.45, 7) is 0. The third-order valence-electron chi connectivity index (χ3n) is 2.23. The molecule has 0 aliphatic rings. The molecule has 0 aliphatic carbocycles. The van der Waals surface area contributed by atoms with Gasteiger partial charge >= 0.3 is 11.7 Å². The van der Waals surface area contributed by atoms with Crippen LogP contribution < -0.4 is 5.69 Å². The van der Waals surface area contributed by atoms with Gasteiger partial charge < -0.3 is 5.11 Å². The Hall–Kier alpha value is -2.97. The number of aromatic carboxylic acids is 1. The Morgan fingerprint density at radius 3 is 2.72 bits per heavy atom. The Morgan fingerprint density at radius 1 is 1.50 bits per heavy atom. The third kappa shape index (κ3) is 1.84. The number of carboxylic acid groups (broad SMARTS) is 1. The summed E-state index contributed by atoms with van der Waals surface area (Å²) in [4.78, 5) is 32.2. The van der Waals surface area contributed by atoms with Crippen LogP contribution in [-0.2, 0) is 0 Å². The predicted molar refractivity (Wildman–Crippen MR) is 57.8 cm³/mol. The zero-order valence-corrected chi connectivity index (χ0v) is 8.73. The van der Waals surface area contributed by atoms with Crippen LogP contribution in [0.15, 0.2) is 29.3 Å². The van der Waals surface area contributed by atoms with Crippen LogP contribution in [-0.4, -0.2) is 30.8 Å². The highest BCUT2D eigenvalue weighted by Gasteiger charge is 2.18. The third-order valence-corrected chi connectivity index (χ3v) is 2.23. The standard InChI is InChI=1S/C9H6N4O5/c14-8(15)6-3-5(13(17)18)1-2-7(6)12-4-10-11-9(12)16/h1-4H,(H,11,16)(H,14,15). The summed E-state index contributed by atoms with van der Waals surface area (Å²) in [6, 6.07) is 3.18. The smallest absolute Gasteiger partial charge is 0.347 e. The molecule has 92 valence electrons. The van der Waals surface area contributed by atoms with E-state index in [1.54, 1.807) is 0 Å². The highest BCUT2D eigenvalue weighted by atomic mass is 16.6. The zero-order valence-electron chi connectivity index (χ0n) is 8.73. The molecule has 0 amide bonds. The summed E-state index contributed by atoms with van der Waals surface area (Å²) in [7, 11) is 0. The first-order valence-corrected chi connectivity index (χ1v) is 4.65. The van der Waals surface area contributed by atoms with Crippen LogP contribution in [0.2, 0.25) is 0 Å². The molecular weight excluding hydrogens is 244 g/mol. The summed E-state index contributed by atoms with van der Waals surface area (Å²) in [6.07, 6.45) is 1.09. The largest absolute Gasteiger partial charge is 0.478 e. The number of nitro groups is 1. The number of carbonyl (C=O) groups is 1. The first-order chi connectivity index (χ1) is 8.50. The number of hydrogen-bond donors (Lipinski definition) is 2. The second-order valence-electron chi connectivity index (χ2n) is 3.30. The van der Waals surface area contributed by atoms with Crippen molar-refractivity contribution in [1.82, 2.24) is 14.8 Å². The number of non-ortho nitro benzene ring substituents is 1. The van der Waals surface area contributed by atoms with Crippen LogP contribution in [0.25, 0.3) is 5.69 Å². The Bertz CT molecular complexity index is 686. The lowest BCUT2D eigenvalue weighted by Gasteiger charge is -2.04. The highest BCUT2D eigenvalue weighted by Crippen LogP contribution is 2.20. The molecule has 2 aromatic rings. The minimum Gasteiger partial charge on any atom is -0.478 e. The second-order valence-corrected chi connectivity index (χ2v) is 3.30. The number of nitro benzene ring substituents is 1. The number of aromatic amines is 1. The minimum absolute atomic E-state index is 0.00634. The van der Waals surface area contributed by atoms with Crippen molar-refractivity contribution in [2.45, 2.75) is 0 Å². The molecule has 2 rings (SSSR count). The Kier molecular flexibility index (Phi) is 2.64. The Balaban J connectivity index is 2.69. The van der Waals surface area contributed by atoms with Gasteiger partial charge in [-0.05, 0) is 6.07 Å². The molecule has 0 unspecified atom stereocenters. The van der Waals surface area contributed by atoms with Crippen LogP contribution in [0.1, 0.15) is 10.4 Å². The van der Waals surface area contributed by atoms with Gasteiger partial charge in [0.15, 0.2) is 0 Å². The molecule has 2 N–H and O–H groups in total. The van der Waals surface area contributed by atoms with Gasteiger partial charge in [0.1, 0.15) is 6.33 Å². The van der Waals surface area contributed by atoms with Crippen LogP contribution in [0.5, 0.6) is 0 Å². The van der Waals surface area contributed by atoms with Crippen LogP contribution >= 0.6 is 0 Å². The highest BCUT2D eigenvalue weighted by molar-refractivity contribution is 5.92. The number of hydrogen-bond acceptors (Lipinski definition) is 5. The van der Waals surface area contributed by atoms with Crippen molar-refractivity contribution in [2.75, 3.05) is 0 Å². The van der Waals surface area contributed by atoms with Crippen LogP contribution in [0, 0.1) is 10.1 Å². The predicted octanol–water partition coefficient (Wildman–Crippen LogP) is 0.167. The van der Waals surface area contributed by atoms with Crippen molar-refractivity contribution in [3.63, 3.8) is 0 Å². The molecule has 0 spiro atoms. The first kappa shape index (κ1) is 11.5. The van der Waals surface area contributed by atoms with E-state index in [4.69, 9.17) is 5.11 Å².